The third-order valence-electron chi connectivity index (χ3n) is 4.69. The molecule has 0 bridgehead atoms. The molecule has 2 aromatic carbocycles. The van der Waals surface area contributed by atoms with Crippen molar-refractivity contribution in [2.45, 2.75) is 43.0 Å². The minimum atomic E-state index is -3.79. The lowest BCUT2D eigenvalue weighted by molar-refractivity contribution is 0.0927. The topological polar surface area (TPSA) is 84.5 Å². The van der Waals surface area contributed by atoms with Gasteiger partial charge < -0.3 is 10.1 Å². The van der Waals surface area contributed by atoms with Crippen LogP contribution in [0.2, 0.25) is 0 Å². The zero-order valence-electron chi connectivity index (χ0n) is 15.3. The summed E-state index contributed by atoms with van der Waals surface area (Å²) in [6, 6.07) is 12.9. The van der Waals surface area contributed by atoms with E-state index in [0.717, 1.165) is 25.7 Å². The first-order valence-corrected chi connectivity index (χ1v) is 10.5. The van der Waals surface area contributed by atoms with Gasteiger partial charge in [-0.2, -0.15) is 0 Å². The van der Waals surface area contributed by atoms with Gasteiger partial charge in [-0.05, 0) is 55.3 Å². The van der Waals surface area contributed by atoms with E-state index in [-0.39, 0.29) is 16.8 Å². The highest BCUT2D eigenvalue weighted by Crippen LogP contribution is 2.21. The Morgan fingerprint density at radius 1 is 1.04 bits per heavy atom. The van der Waals surface area contributed by atoms with Gasteiger partial charge in [-0.1, -0.05) is 25.3 Å². The summed E-state index contributed by atoms with van der Waals surface area (Å²) >= 11 is 0. The predicted molar refractivity (Wildman–Crippen MR) is 105 cm³/mol. The molecule has 27 heavy (non-hydrogen) atoms. The standard InChI is InChI=1S/C20H24N2O4S/c1-26-18-12-10-17(11-13-18)22-27(24,25)19-9-5-6-15(14-19)20(23)21-16-7-3-2-4-8-16/h5-6,9-14,16,22H,2-4,7-8H2,1H3,(H,21,23). The first-order valence-electron chi connectivity index (χ1n) is 9.06. The van der Waals surface area contributed by atoms with Crippen LogP contribution in [-0.4, -0.2) is 27.5 Å². The second-order valence-electron chi connectivity index (χ2n) is 6.67. The van der Waals surface area contributed by atoms with E-state index in [1.54, 1.807) is 43.5 Å². The molecule has 3 rings (SSSR count). The predicted octanol–water partition coefficient (Wildman–Crippen LogP) is 3.56. The Morgan fingerprint density at radius 2 is 1.74 bits per heavy atom. The number of benzene rings is 2. The molecule has 2 aromatic rings. The molecule has 0 heterocycles. The Kier molecular flexibility index (Phi) is 6.01. The van der Waals surface area contributed by atoms with E-state index in [0.29, 0.717) is 17.0 Å². The number of nitrogens with one attached hydrogen (secondary N) is 2. The Labute approximate surface area is 160 Å². The van der Waals surface area contributed by atoms with E-state index in [9.17, 15) is 13.2 Å². The van der Waals surface area contributed by atoms with Gasteiger partial charge >= 0.3 is 0 Å². The summed E-state index contributed by atoms with van der Waals surface area (Å²) in [5.74, 6) is 0.405. The SMILES string of the molecule is COc1ccc(NS(=O)(=O)c2cccc(C(=O)NC3CCCCC3)c2)cc1. The Morgan fingerprint density at radius 3 is 2.41 bits per heavy atom. The highest BCUT2D eigenvalue weighted by atomic mass is 32.2. The second-order valence-corrected chi connectivity index (χ2v) is 8.35. The van der Waals surface area contributed by atoms with Crippen molar-refractivity contribution >= 4 is 21.6 Å². The van der Waals surface area contributed by atoms with Crippen molar-refractivity contribution in [3.63, 3.8) is 0 Å². The van der Waals surface area contributed by atoms with E-state index >= 15 is 0 Å². The maximum absolute atomic E-state index is 12.6. The van der Waals surface area contributed by atoms with Gasteiger partial charge in [-0.15, -0.1) is 0 Å². The number of carbonyl (C=O) groups is 1. The van der Waals surface area contributed by atoms with Gasteiger partial charge in [0.2, 0.25) is 0 Å². The van der Waals surface area contributed by atoms with Gasteiger partial charge in [-0.25, -0.2) is 8.42 Å². The van der Waals surface area contributed by atoms with Crippen LogP contribution in [-0.2, 0) is 10.0 Å². The van der Waals surface area contributed by atoms with Crippen molar-refractivity contribution in [3.05, 3.63) is 54.1 Å². The molecule has 0 spiro atoms. The van der Waals surface area contributed by atoms with Gasteiger partial charge in [0.25, 0.3) is 15.9 Å². The molecule has 1 saturated carbocycles. The van der Waals surface area contributed by atoms with Crippen LogP contribution in [0.3, 0.4) is 0 Å². The molecule has 1 aliphatic rings. The molecule has 0 aromatic heterocycles. The Balaban J connectivity index is 1.73. The summed E-state index contributed by atoms with van der Waals surface area (Å²) in [5, 5.41) is 3.01. The molecule has 2 N–H and O–H groups in total. The van der Waals surface area contributed by atoms with Crippen LogP contribution in [0, 0.1) is 0 Å². The molecule has 0 saturated heterocycles. The van der Waals surface area contributed by atoms with Crippen LogP contribution >= 0.6 is 0 Å². The van der Waals surface area contributed by atoms with Gasteiger partial charge in [0.05, 0.1) is 12.0 Å². The fourth-order valence-electron chi connectivity index (χ4n) is 3.19. The number of amides is 1. The molecule has 0 atom stereocenters. The van der Waals surface area contributed by atoms with Crippen LogP contribution < -0.4 is 14.8 Å². The second kappa shape index (κ2) is 8.43. The molecule has 0 unspecified atom stereocenters. The summed E-state index contributed by atoms with van der Waals surface area (Å²) in [7, 11) is -2.25. The highest BCUT2D eigenvalue weighted by Gasteiger charge is 2.19. The maximum Gasteiger partial charge on any atom is 0.261 e. The molecule has 144 valence electrons. The number of rotatable bonds is 6. The van der Waals surface area contributed by atoms with Gasteiger partial charge in [-0.3, -0.25) is 9.52 Å². The summed E-state index contributed by atoms with van der Waals surface area (Å²) in [6.07, 6.45) is 5.39. The maximum atomic E-state index is 12.6. The molecule has 1 amide bonds. The zero-order chi connectivity index (χ0) is 19.3. The van der Waals surface area contributed by atoms with Crippen molar-refractivity contribution in [2.75, 3.05) is 11.8 Å². The normalized spacial score (nSPS) is 15.1. The fourth-order valence-corrected chi connectivity index (χ4v) is 4.30. The summed E-state index contributed by atoms with van der Waals surface area (Å²) < 4.78 is 32.9. The van der Waals surface area contributed by atoms with E-state index < -0.39 is 10.0 Å². The quantitative estimate of drug-likeness (QED) is 0.792. The summed E-state index contributed by atoms with van der Waals surface area (Å²) in [4.78, 5) is 12.5. The number of sulfonamides is 1. The van der Waals surface area contributed by atoms with Crippen molar-refractivity contribution in [3.8, 4) is 5.75 Å². The van der Waals surface area contributed by atoms with E-state index in [4.69, 9.17) is 4.74 Å². The lowest BCUT2D eigenvalue weighted by atomic mass is 9.95. The first-order chi connectivity index (χ1) is 13.0. The number of ether oxygens (including phenoxy) is 1. The van der Waals surface area contributed by atoms with Crippen LogP contribution in [0.15, 0.2) is 53.4 Å². The zero-order valence-corrected chi connectivity index (χ0v) is 16.1. The lowest BCUT2D eigenvalue weighted by Crippen LogP contribution is -2.36. The van der Waals surface area contributed by atoms with E-state index in [1.807, 2.05) is 0 Å². The third kappa shape index (κ3) is 5.01. The molecular formula is C20H24N2O4S. The molecule has 0 aliphatic heterocycles. The molecule has 0 radical (unpaired) electrons. The number of hydrogen-bond donors (Lipinski definition) is 2. The Hall–Kier alpha value is -2.54. The van der Waals surface area contributed by atoms with Crippen LogP contribution in [0.1, 0.15) is 42.5 Å². The summed E-state index contributed by atoms with van der Waals surface area (Å²) in [5.41, 5.74) is 0.769. The lowest BCUT2D eigenvalue weighted by Gasteiger charge is -2.22. The van der Waals surface area contributed by atoms with Crippen molar-refractivity contribution in [1.82, 2.24) is 5.32 Å². The molecule has 7 heteroatoms. The average molecular weight is 388 g/mol. The van der Waals surface area contributed by atoms with Crippen LogP contribution in [0.5, 0.6) is 5.75 Å². The highest BCUT2D eigenvalue weighted by molar-refractivity contribution is 7.92. The van der Waals surface area contributed by atoms with Gasteiger partial charge in [0.1, 0.15) is 5.75 Å². The largest absolute Gasteiger partial charge is 0.497 e. The fraction of sp³-hybridized carbons (Fsp3) is 0.350. The third-order valence-corrected chi connectivity index (χ3v) is 6.07. The minimum absolute atomic E-state index is 0.0506. The van der Waals surface area contributed by atoms with E-state index in [2.05, 4.69) is 10.0 Å². The first kappa shape index (κ1) is 19.2. The van der Waals surface area contributed by atoms with Crippen molar-refractivity contribution < 1.29 is 17.9 Å². The number of anilines is 1. The molecule has 6 nitrogen and oxygen atoms in total. The number of carbonyl (C=O) groups excluding carboxylic acids is 1. The van der Waals surface area contributed by atoms with Gasteiger partial charge in [0, 0.05) is 17.3 Å². The van der Waals surface area contributed by atoms with Crippen molar-refractivity contribution in [1.29, 1.82) is 0 Å². The number of hydrogen-bond acceptors (Lipinski definition) is 4. The van der Waals surface area contributed by atoms with Crippen LogP contribution in [0.4, 0.5) is 5.69 Å². The molecule has 1 fully saturated rings. The Bertz CT molecular complexity index is 888. The smallest absolute Gasteiger partial charge is 0.261 e. The average Bonchev–Trinajstić information content (AvgIpc) is 2.69. The molecule has 1 aliphatic carbocycles. The minimum Gasteiger partial charge on any atom is -0.497 e. The van der Waals surface area contributed by atoms with Gasteiger partial charge in [0.15, 0.2) is 0 Å². The van der Waals surface area contributed by atoms with Crippen molar-refractivity contribution in [2.24, 2.45) is 0 Å². The molecular weight excluding hydrogens is 364 g/mol. The monoisotopic (exact) mass is 388 g/mol. The number of methoxy groups -OCH3 is 1. The summed E-state index contributed by atoms with van der Waals surface area (Å²) in [6.45, 7) is 0. The van der Waals surface area contributed by atoms with Crippen LogP contribution in [0.25, 0.3) is 0 Å². The van der Waals surface area contributed by atoms with E-state index in [1.165, 1.54) is 18.6 Å².